The standard InChI is InChI=1S/C10H10N4O2.C2HF3O2/c11-5-7-2-1-3-8(4-7)14-10(16)13-6-9(12)15;3-2(4,5)1(6)7/h1-4H,6H2,(H2,12,15)(H2,13,14,16);(H,6,7). The van der Waals surface area contributed by atoms with Gasteiger partial charge in [-0.3, -0.25) is 4.79 Å². The summed E-state index contributed by atoms with van der Waals surface area (Å²) in [7, 11) is 0. The minimum atomic E-state index is -5.08. The van der Waals surface area contributed by atoms with Gasteiger partial charge in [0.2, 0.25) is 5.91 Å². The van der Waals surface area contributed by atoms with Crippen LogP contribution in [-0.4, -0.2) is 35.7 Å². The molecular weight excluding hydrogens is 321 g/mol. The Kier molecular flexibility index (Phi) is 7.61. The molecule has 0 aliphatic rings. The number of carboxylic acid groups (broad SMARTS) is 1. The lowest BCUT2D eigenvalue weighted by Gasteiger charge is -2.05. The van der Waals surface area contributed by atoms with Crippen LogP contribution in [0.2, 0.25) is 0 Å². The van der Waals surface area contributed by atoms with Crippen molar-refractivity contribution in [3.8, 4) is 6.07 Å². The fraction of sp³-hybridized carbons (Fsp3) is 0.167. The van der Waals surface area contributed by atoms with Crippen LogP contribution >= 0.6 is 0 Å². The van der Waals surface area contributed by atoms with Gasteiger partial charge in [-0.25, -0.2) is 9.59 Å². The molecular formula is C12H11F3N4O4. The number of hydrogen-bond donors (Lipinski definition) is 4. The fourth-order valence-electron chi connectivity index (χ4n) is 1.01. The van der Waals surface area contributed by atoms with Crippen LogP contribution in [0.1, 0.15) is 5.56 Å². The van der Waals surface area contributed by atoms with Gasteiger partial charge in [-0.05, 0) is 18.2 Å². The van der Waals surface area contributed by atoms with Crippen molar-refractivity contribution < 1.29 is 32.7 Å². The molecule has 0 heterocycles. The normalized spacial score (nSPS) is 9.65. The summed E-state index contributed by atoms with van der Waals surface area (Å²) in [6, 6.07) is 7.80. The number of urea groups is 1. The van der Waals surface area contributed by atoms with Crippen LogP contribution in [0.25, 0.3) is 0 Å². The quantitative estimate of drug-likeness (QED) is 0.647. The second kappa shape index (κ2) is 8.88. The maximum Gasteiger partial charge on any atom is 0.490 e. The van der Waals surface area contributed by atoms with Crippen molar-refractivity contribution in [3.63, 3.8) is 0 Å². The van der Waals surface area contributed by atoms with E-state index in [9.17, 15) is 22.8 Å². The van der Waals surface area contributed by atoms with Gasteiger partial charge in [-0.2, -0.15) is 18.4 Å². The van der Waals surface area contributed by atoms with E-state index in [2.05, 4.69) is 10.6 Å². The number of anilines is 1. The first kappa shape index (κ1) is 19.7. The number of nitriles is 1. The van der Waals surface area contributed by atoms with Gasteiger partial charge in [0.1, 0.15) is 0 Å². The molecule has 0 spiro atoms. The Balaban J connectivity index is 0.000000585. The molecule has 0 bridgehead atoms. The highest BCUT2D eigenvalue weighted by Gasteiger charge is 2.38. The van der Waals surface area contributed by atoms with E-state index in [1.807, 2.05) is 6.07 Å². The van der Waals surface area contributed by atoms with Crippen LogP contribution in [0.3, 0.4) is 0 Å². The average Bonchev–Trinajstić information content (AvgIpc) is 2.45. The van der Waals surface area contributed by atoms with E-state index >= 15 is 0 Å². The number of primary amides is 1. The van der Waals surface area contributed by atoms with E-state index in [1.54, 1.807) is 18.2 Å². The fourth-order valence-corrected chi connectivity index (χ4v) is 1.01. The second-order valence-electron chi connectivity index (χ2n) is 3.77. The van der Waals surface area contributed by atoms with E-state index in [0.717, 1.165) is 0 Å². The van der Waals surface area contributed by atoms with Crippen molar-refractivity contribution in [2.45, 2.75) is 6.18 Å². The number of nitrogens with two attached hydrogens (primary N) is 1. The van der Waals surface area contributed by atoms with E-state index < -0.39 is 24.1 Å². The van der Waals surface area contributed by atoms with Crippen LogP contribution in [0, 0.1) is 11.3 Å². The second-order valence-corrected chi connectivity index (χ2v) is 3.77. The molecule has 8 nitrogen and oxygen atoms in total. The molecule has 0 aromatic heterocycles. The van der Waals surface area contributed by atoms with Crippen molar-refractivity contribution in [2.24, 2.45) is 5.73 Å². The number of nitrogens with one attached hydrogen (secondary N) is 2. The van der Waals surface area contributed by atoms with E-state index in [0.29, 0.717) is 11.3 Å². The molecule has 0 atom stereocenters. The smallest absolute Gasteiger partial charge is 0.475 e. The molecule has 3 amide bonds. The Morgan fingerprint density at radius 1 is 1.30 bits per heavy atom. The number of halogens is 3. The number of alkyl halides is 3. The van der Waals surface area contributed by atoms with Crippen molar-refractivity contribution in [1.82, 2.24) is 5.32 Å². The summed E-state index contributed by atoms with van der Waals surface area (Å²) >= 11 is 0. The van der Waals surface area contributed by atoms with Crippen molar-refractivity contribution in [2.75, 3.05) is 11.9 Å². The third-order valence-corrected chi connectivity index (χ3v) is 1.92. The van der Waals surface area contributed by atoms with Crippen molar-refractivity contribution >= 4 is 23.6 Å². The first-order chi connectivity index (χ1) is 10.6. The first-order valence-electron chi connectivity index (χ1n) is 5.69. The van der Waals surface area contributed by atoms with Gasteiger partial charge >= 0.3 is 18.2 Å². The van der Waals surface area contributed by atoms with Gasteiger partial charge in [-0.1, -0.05) is 6.07 Å². The maximum absolute atomic E-state index is 11.2. The summed E-state index contributed by atoms with van der Waals surface area (Å²) in [4.78, 5) is 30.5. The summed E-state index contributed by atoms with van der Waals surface area (Å²) in [5.41, 5.74) is 5.77. The molecule has 0 saturated carbocycles. The molecule has 124 valence electrons. The Morgan fingerprint density at radius 3 is 2.30 bits per heavy atom. The maximum atomic E-state index is 11.2. The zero-order valence-electron chi connectivity index (χ0n) is 11.3. The zero-order chi connectivity index (χ0) is 18.0. The van der Waals surface area contributed by atoms with Gasteiger partial charge < -0.3 is 21.5 Å². The highest BCUT2D eigenvalue weighted by molar-refractivity contribution is 5.92. The molecule has 0 saturated heterocycles. The monoisotopic (exact) mass is 332 g/mol. The molecule has 0 aliphatic heterocycles. The average molecular weight is 332 g/mol. The third-order valence-electron chi connectivity index (χ3n) is 1.92. The largest absolute Gasteiger partial charge is 0.490 e. The molecule has 23 heavy (non-hydrogen) atoms. The summed E-state index contributed by atoms with van der Waals surface area (Å²) in [5.74, 6) is -3.38. The number of carbonyl (C=O) groups is 3. The van der Waals surface area contributed by atoms with Crippen LogP contribution < -0.4 is 16.4 Å². The van der Waals surface area contributed by atoms with Crippen LogP contribution in [0.15, 0.2) is 24.3 Å². The van der Waals surface area contributed by atoms with Gasteiger partial charge in [0.15, 0.2) is 0 Å². The SMILES string of the molecule is N#Cc1cccc(NC(=O)NCC(N)=O)c1.O=C(O)C(F)(F)F. The topological polar surface area (TPSA) is 145 Å². The number of carboxylic acids is 1. The molecule has 1 aromatic carbocycles. The lowest BCUT2D eigenvalue weighted by Crippen LogP contribution is -2.36. The number of amides is 3. The first-order valence-corrected chi connectivity index (χ1v) is 5.69. The summed E-state index contributed by atoms with van der Waals surface area (Å²) in [6.07, 6.45) is -5.08. The molecule has 1 rings (SSSR count). The van der Waals surface area contributed by atoms with Gasteiger partial charge in [0, 0.05) is 5.69 Å². The number of rotatable bonds is 3. The molecule has 0 aliphatic carbocycles. The Morgan fingerprint density at radius 2 is 1.87 bits per heavy atom. The van der Waals surface area contributed by atoms with Crippen LogP contribution in [-0.2, 0) is 9.59 Å². The molecule has 0 unspecified atom stereocenters. The Bertz CT molecular complexity index is 625. The number of carbonyl (C=O) groups excluding carboxylic acids is 2. The minimum absolute atomic E-state index is 0.232. The number of aliphatic carboxylic acids is 1. The lowest BCUT2D eigenvalue weighted by molar-refractivity contribution is -0.192. The number of hydrogen-bond acceptors (Lipinski definition) is 4. The van der Waals surface area contributed by atoms with Gasteiger partial charge in [-0.15, -0.1) is 0 Å². The molecule has 11 heteroatoms. The number of nitrogens with zero attached hydrogens (tertiary/aromatic N) is 1. The summed E-state index contributed by atoms with van der Waals surface area (Å²) in [6.45, 7) is -0.232. The molecule has 0 fully saturated rings. The Labute approximate surface area is 127 Å². The van der Waals surface area contributed by atoms with Crippen molar-refractivity contribution in [3.05, 3.63) is 29.8 Å². The third kappa shape index (κ3) is 9.29. The van der Waals surface area contributed by atoms with Crippen LogP contribution in [0.4, 0.5) is 23.7 Å². The van der Waals surface area contributed by atoms with E-state index in [1.165, 1.54) is 6.07 Å². The summed E-state index contributed by atoms with van der Waals surface area (Å²) < 4.78 is 31.7. The summed E-state index contributed by atoms with van der Waals surface area (Å²) in [5, 5.41) is 20.5. The minimum Gasteiger partial charge on any atom is -0.475 e. The van der Waals surface area contributed by atoms with Gasteiger partial charge in [0.25, 0.3) is 0 Å². The highest BCUT2D eigenvalue weighted by Crippen LogP contribution is 2.13. The lowest BCUT2D eigenvalue weighted by atomic mass is 10.2. The van der Waals surface area contributed by atoms with E-state index in [-0.39, 0.29) is 6.54 Å². The zero-order valence-corrected chi connectivity index (χ0v) is 11.3. The van der Waals surface area contributed by atoms with Crippen LogP contribution in [0.5, 0.6) is 0 Å². The molecule has 0 radical (unpaired) electrons. The Hall–Kier alpha value is -3.29. The van der Waals surface area contributed by atoms with Gasteiger partial charge in [0.05, 0.1) is 18.2 Å². The van der Waals surface area contributed by atoms with Crippen molar-refractivity contribution in [1.29, 1.82) is 5.26 Å². The predicted molar refractivity (Wildman–Crippen MR) is 71.1 cm³/mol. The molecule has 5 N–H and O–H groups in total. The predicted octanol–water partition coefficient (Wildman–Crippen LogP) is 0.798. The van der Waals surface area contributed by atoms with E-state index in [4.69, 9.17) is 20.9 Å². The molecule has 1 aromatic rings. The number of benzene rings is 1. The highest BCUT2D eigenvalue weighted by atomic mass is 19.4.